The summed E-state index contributed by atoms with van der Waals surface area (Å²) in [5.74, 6) is 1.17. The number of ether oxygens (including phenoxy) is 1. The standard InChI is InChI=1S/C28H32N4O4/c1-14-23(15(2)36-32-14)20-12-21-19(13-22(20)35-8)24(26(30-7)31-21)25(29-6)16-9-17(27(33)34)11-18(10-16)28(3,4)5/h9-13,30-31H,1-8H3,(H,33,34). The zero-order chi connectivity index (χ0) is 26.4. The molecule has 0 saturated carbocycles. The van der Waals surface area contributed by atoms with Gasteiger partial charge in [-0.2, -0.15) is 0 Å². The minimum atomic E-state index is -0.976. The van der Waals surface area contributed by atoms with E-state index in [0.29, 0.717) is 17.2 Å². The Hall–Kier alpha value is -4.07. The summed E-state index contributed by atoms with van der Waals surface area (Å²) in [6.07, 6.45) is 0. The number of H-pyrrole nitrogens is 1. The van der Waals surface area contributed by atoms with E-state index in [2.05, 4.69) is 41.2 Å². The first-order chi connectivity index (χ1) is 17.0. The Balaban J connectivity index is 2.00. The van der Waals surface area contributed by atoms with E-state index in [-0.39, 0.29) is 11.0 Å². The fourth-order valence-corrected chi connectivity index (χ4v) is 4.59. The van der Waals surface area contributed by atoms with E-state index >= 15 is 0 Å². The van der Waals surface area contributed by atoms with Gasteiger partial charge >= 0.3 is 5.97 Å². The maximum absolute atomic E-state index is 12.0. The van der Waals surface area contributed by atoms with Gasteiger partial charge in [0.2, 0.25) is 0 Å². The zero-order valence-electron chi connectivity index (χ0n) is 22.0. The Morgan fingerprint density at radius 3 is 2.36 bits per heavy atom. The lowest BCUT2D eigenvalue weighted by Crippen LogP contribution is -2.15. The number of nitrogens with zero attached hydrogens (tertiary/aromatic N) is 2. The molecule has 2 aromatic carbocycles. The summed E-state index contributed by atoms with van der Waals surface area (Å²) >= 11 is 0. The number of carbonyl (C=O) groups is 1. The van der Waals surface area contributed by atoms with Crippen LogP contribution >= 0.6 is 0 Å². The summed E-state index contributed by atoms with van der Waals surface area (Å²) in [6.45, 7) is 9.96. The zero-order valence-corrected chi connectivity index (χ0v) is 22.0. The van der Waals surface area contributed by atoms with Gasteiger partial charge in [-0.3, -0.25) is 4.99 Å². The fourth-order valence-electron chi connectivity index (χ4n) is 4.59. The highest BCUT2D eigenvalue weighted by molar-refractivity contribution is 6.23. The Kier molecular flexibility index (Phi) is 6.39. The molecule has 8 nitrogen and oxygen atoms in total. The van der Waals surface area contributed by atoms with Gasteiger partial charge in [0.1, 0.15) is 17.3 Å². The molecule has 4 aromatic rings. The molecule has 36 heavy (non-hydrogen) atoms. The average Bonchev–Trinajstić information content (AvgIpc) is 3.36. The Bertz CT molecular complexity index is 1480. The molecule has 0 fully saturated rings. The molecule has 0 amide bonds. The minimum Gasteiger partial charge on any atom is -0.496 e. The summed E-state index contributed by atoms with van der Waals surface area (Å²) in [5.41, 5.74) is 6.56. The quantitative estimate of drug-likeness (QED) is 0.289. The van der Waals surface area contributed by atoms with Crippen LogP contribution in [0.1, 0.15) is 59.3 Å². The largest absolute Gasteiger partial charge is 0.496 e. The summed E-state index contributed by atoms with van der Waals surface area (Å²) in [7, 11) is 5.18. The lowest BCUT2D eigenvalue weighted by Gasteiger charge is -2.21. The van der Waals surface area contributed by atoms with Crippen LogP contribution in [0.25, 0.3) is 22.0 Å². The van der Waals surface area contributed by atoms with Gasteiger partial charge in [0.15, 0.2) is 0 Å². The molecule has 0 aliphatic rings. The SMILES string of the molecule is CN=C(c1cc(C(=O)O)cc(C(C)(C)C)c1)c1c(NC)[nH]c2cc(-c3c(C)noc3C)c(OC)cc12. The van der Waals surface area contributed by atoms with Gasteiger partial charge in [-0.25, -0.2) is 4.79 Å². The van der Waals surface area contributed by atoms with Crippen molar-refractivity contribution in [2.45, 2.75) is 40.0 Å². The van der Waals surface area contributed by atoms with Crippen LogP contribution in [-0.2, 0) is 5.41 Å². The number of aromatic nitrogens is 2. The molecule has 4 rings (SSSR count). The van der Waals surface area contributed by atoms with Gasteiger partial charge in [0.25, 0.3) is 0 Å². The van der Waals surface area contributed by atoms with Crippen LogP contribution < -0.4 is 10.1 Å². The van der Waals surface area contributed by atoms with Crippen molar-refractivity contribution >= 4 is 28.4 Å². The van der Waals surface area contributed by atoms with Gasteiger partial charge in [-0.1, -0.05) is 25.9 Å². The van der Waals surface area contributed by atoms with E-state index in [9.17, 15) is 9.90 Å². The first kappa shape index (κ1) is 25.0. The first-order valence-corrected chi connectivity index (χ1v) is 11.7. The minimum absolute atomic E-state index is 0.225. The van der Waals surface area contributed by atoms with Crippen molar-refractivity contribution in [3.8, 4) is 16.9 Å². The van der Waals surface area contributed by atoms with E-state index in [0.717, 1.165) is 50.2 Å². The molecular weight excluding hydrogens is 456 g/mol. The van der Waals surface area contributed by atoms with Gasteiger partial charge in [0.05, 0.1) is 35.2 Å². The van der Waals surface area contributed by atoms with Crippen molar-refractivity contribution in [2.24, 2.45) is 4.99 Å². The summed E-state index contributed by atoms with van der Waals surface area (Å²) in [5, 5.41) is 18.0. The summed E-state index contributed by atoms with van der Waals surface area (Å²) in [4.78, 5) is 20.1. The maximum Gasteiger partial charge on any atom is 0.335 e. The molecule has 0 radical (unpaired) electrons. The number of hydrogen-bond acceptors (Lipinski definition) is 6. The van der Waals surface area contributed by atoms with Crippen molar-refractivity contribution in [1.82, 2.24) is 10.1 Å². The Morgan fingerprint density at radius 1 is 1.14 bits per heavy atom. The van der Waals surface area contributed by atoms with Crippen molar-refractivity contribution in [3.63, 3.8) is 0 Å². The van der Waals surface area contributed by atoms with Gasteiger partial charge < -0.3 is 24.7 Å². The molecular formula is C28H32N4O4. The number of carboxylic acid groups (broad SMARTS) is 1. The number of aryl methyl sites for hydroxylation is 2. The van der Waals surface area contributed by atoms with Gasteiger partial charge in [-0.05, 0) is 55.2 Å². The normalized spacial score (nSPS) is 12.3. The van der Waals surface area contributed by atoms with E-state index in [4.69, 9.17) is 9.26 Å². The molecule has 3 N–H and O–H groups in total. The van der Waals surface area contributed by atoms with E-state index in [1.165, 1.54) is 0 Å². The average molecular weight is 489 g/mol. The van der Waals surface area contributed by atoms with Crippen molar-refractivity contribution in [2.75, 3.05) is 26.5 Å². The molecule has 0 aliphatic heterocycles. The highest BCUT2D eigenvalue weighted by atomic mass is 16.5. The number of carboxylic acids is 1. The van der Waals surface area contributed by atoms with Gasteiger partial charge in [0, 0.05) is 36.1 Å². The number of aromatic carboxylic acids is 1. The summed E-state index contributed by atoms with van der Waals surface area (Å²) < 4.78 is 11.2. The predicted molar refractivity (Wildman–Crippen MR) is 143 cm³/mol. The van der Waals surface area contributed by atoms with Crippen molar-refractivity contribution in [1.29, 1.82) is 0 Å². The maximum atomic E-state index is 12.0. The van der Waals surface area contributed by atoms with Crippen LogP contribution in [-0.4, -0.2) is 48.1 Å². The number of hydrogen-bond donors (Lipinski definition) is 3. The number of aromatic amines is 1. The highest BCUT2D eigenvalue weighted by Crippen LogP contribution is 2.40. The van der Waals surface area contributed by atoms with Crippen LogP contribution in [0.5, 0.6) is 5.75 Å². The molecule has 188 valence electrons. The molecule has 0 spiro atoms. The van der Waals surface area contributed by atoms with Crippen LogP contribution in [0.15, 0.2) is 39.8 Å². The van der Waals surface area contributed by atoms with Crippen LogP contribution in [0.4, 0.5) is 5.82 Å². The van der Waals surface area contributed by atoms with E-state index in [1.807, 2.05) is 39.1 Å². The number of anilines is 1. The monoisotopic (exact) mass is 488 g/mol. The summed E-state index contributed by atoms with van der Waals surface area (Å²) in [6, 6.07) is 9.41. The van der Waals surface area contributed by atoms with Crippen LogP contribution in [0.3, 0.4) is 0 Å². The van der Waals surface area contributed by atoms with Crippen molar-refractivity contribution < 1.29 is 19.2 Å². The molecule has 0 unspecified atom stereocenters. The smallest absolute Gasteiger partial charge is 0.335 e. The second kappa shape index (κ2) is 9.18. The Labute approximate surface area is 210 Å². The molecule has 0 bridgehead atoms. The number of fused-ring (bicyclic) bond motifs is 1. The number of methoxy groups -OCH3 is 1. The number of benzene rings is 2. The predicted octanol–water partition coefficient (Wildman–Crippen LogP) is 5.95. The molecule has 0 aliphatic carbocycles. The topological polar surface area (TPSA) is 113 Å². The van der Waals surface area contributed by atoms with Gasteiger partial charge in [-0.15, -0.1) is 0 Å². The number of nitrogens with one attached hydrogen (secondary N) is 2. The third-order valence-electron chi connectivity index (χ3n) is 6.45. The van der Waals surface area contributed by atoms with E-state index < -0.39 is 5.97 Å². The van der Waals surface area contributed by atoms with Crippen LogP contribution in [0.2, 0.25) is 0 Å². The molecule has 0 saturated heterocycles. The molecule has 2 heterocycles. The third-order valence-corrected chi connectivity index (χ3v) is 6.45. The molecule has 2 aromatic heterocycles. The third kappa shape index (κ3) is 4.23. The number of rotatable bonds is 6. The second-order valence-electron chi connectivity index (χ2n) is 9.85. The Morgan fingerprint density at radius 2 is 1.83 bits per heavy atom. The highest BCUT2D eigenvalue weighted by Gasteiger charge is 2.25. The molecule has 8 heteroatoms. The lowest BCUT2D eigenvalue weighted by atomic mass is 9.84. The fraction of sp³-hybridized carbons (Fsp3) is 0.321. The molecule has 0 atom stereocenters. The lowest BCUT2D eigenvalue weighted by molar-refractivity contribution is 0.0696. The number of aliphatic imine (C=N–C) groups is 1. The van der Waals surface area contributed by atoms with Crippen molar-refractivity contribution in [3.05, 3.63) is 64.0 Å². The van der Waals surface area contributed by atoms with E-state index in [1.54, 1.807) is 26.3 Å². The second-order valence-corrected chi connectivity index (χ2v) is 9.85. The van der Waals surface area contributed by atoms with Crippen LogP contribution in [0, 0.1) is 13.8 Å². The first-order valence-electron chi connectivity index (χ1n) is 11.7.